The van der Waals surface area contributed by atoms with Crippen LogP contribution in [0.15, 0.2) is 65.1 Å². The van der Waals surface area contributed by atoms with Crippen molar-refractivity contribution in [2.75, 3.05) is 4.31 Å². The number of rotatable bonds is 5. The van der Waals surface area contributed by atoms with Gasteiger partial charge in [-0.15, -0.1) is 0 Å². The molecule has 38 heavy (non-hydrogen) atoms. The summed E-state index contributed by atoms with van der Waals surface area (Å²) < 4.78 is 33.4. The van der Waals surface area contributed by atoms with Crippen LogP contribution in [0.4, 0.5) is 11.4 Å². The van der Waals surface area contributed by atoms with E-state index in [1.165, 1.54) is 4.31 Å². The molecule has 0 radical (unpaired) electrons. The van der Waals surface area contributed by atoms with E-state index in [9.17, 15) is 13.2 Å². The molecular weight excluding hydrogens is 562 g/mol. The van der Waals surface area contributed by atoms with E-state index in [1.807, 2.05) is 97.0 Å². The fraction of sp³-hybridized carbons (Fsp3) is 0.258. The zero-order valence-corrected chi connectivity index (χ0v) is 25.2. The Balaban J connectivity index is 1.97. The number of esters is 1. The highest BCUT2D eigenvalue weighted by atomic mass is 79.9. The lowest BCUT2D eigenvalue weighted by Crippen LogP contribution is -2.23. The average molecular weight is 595 g/mol. The Kier molecular flexibility index (Phi) is 7.73. The Labute approximate surface area is 234 Å². The summed E-state index contributed by atoms with van der Waals surface area (Å²) in [4.78, 5) is 12.8. The normalized spacial score (nSPS) is 11.7. The quantitative estimate of drug-likeness (QED) is 0.187. The van der Waals surface area contributed by atoms with E-state index < -0.39 is 22.5 Å². The van der Waals surface area contributed by atoms with E-state index in [4.69, 9.17) is 4.74 Å². The Morgan fingerprint density at radius 2 is 1.42 bits per heavy atom. The molecule has 0 N–H and O–H groups in total. The third-order valence-electron chi connectivity index (χ3n) is 6.69. The van der Waals surface area contributed by atoms with Gasteiger partial charge in [-0.05, 0) is 121 Å². The Hall–Kier alpha value is -3.16. The van der Waals surface area contributed by atoms with Crippen molar-refractivity contribution in [2.45, 2.75) is 54.1 Å². The Morgan fingerprint density at radius 1 is 0.816 bits per heavy atom. The first-order chi connectivity index (χ1) is 17.8. The van der Waals surface area contributed by atoms with Crippen LogP contribution in [0.1, 0.15) is 53.4 Å². The van der Waals surface area contributed by atoms with Crippen LogP contribution in [-0.4, -0.2) is 20.0 Å². The fourth-order valence-corrected chi connectivity index (χ4v) is 6.32. The molecule has 4 rings (SSSR count). The first-order valence-corrected chi connectivity index (χ1v) is 14.3. The van der Waals surface area contributed by atoms with Crippen LogP contribution in [0.3, 0.4) is 0 Å². The summed E-state index contributed by atoms with van der Waals surface area (Å²) in [6.45, 7) is 13.4. The highest BCUT2D eigenvalue weighted by Crippen LogP contribution is 2.45. The minimum Gasteiger partial charge on any atom is -0.456 e. The molecule has 4 aromatic carbocycles. The van der Waals surface area contributed by atoms with Crippen molar-refractivity contribution in [3.63, 3.8) is 0 Å². The number of anilines is 2. The second-order valence-corrected chi connectivity index (χ2v) is 12.3. The number of thiol groups is 1. The van der Waals surface area contributed by atoms with Gasteiger partial charge in [0.1, 0.15) is 5.60 Å². The van der Waals surface area contributed by atoms with Gasteiger partial charge in [-0.25, -0.2) is 17.5 Å². The zero-order valence-electron chi connectivity index (χ0n) is 22.7. The number of halogens is 1. The molecule has 4 aromatic rings. The lowest BCUT2D eigenvalue weighted by molar-refractivity contribution is 0.00695. The van der Waals surface area contributed by atoms with Crippen molar-refractivity contribution in [2.24, 2.45) is 0 Å². The predicted molar refractivity (Wildman–Crippen MR) is 160 cm³/mol. The van der Waals surface area contributed by atoms with E-state index in [-0.39, 0.29) is 0 Å². The molecule has 0 heterocycles. The predicted octanol–water partition coefficient (Wildman–Crippen LogP) is 8.12. The molecule has 0 unspecified atom stereocenters. The van der Waals surface area contributed by atoms with Gasteiger partial charge < -0.3 is 4.74 Å². The van der Waals surface area contributed by atoms with Crippen LogP contribution in [0.25, 0.3) is 21.9 Å². The Bertz CT molecular complexity index is 1620. The summed E-state index contributed by atoms with van der Waals surface area (Å²) >= 11 is 3.70. The first kappa shape index (κ1) is 27.9. The summed E-state index contributed by atoms with van der Waals surface area (Å²) in [5.41, 5.74) is 6.66. The van der Waals surface area contributed by atoms with Crippen LogP contribution >= 0.6 is 15.9 Å². The topological polar surface area (TPSA) is 63.7 Å². The molecule has 0 fully saturated rings. The molecule has 0 saturated carbocycles. The average Bonchev–Trinajstić information content (AvgIpc) is 2.84. The third kappa shape index (κ3) is 5.36. The second-order valence-electron chi connectivity index (χ2n) is 10.5. The largest absolute Gasteiger partial charge is 0.456 e. The molecule has 0 spiro atoms. The standard InChI is InChI=1S/C31H32BrNO4S/c1-18-15-19(2)21(4)28(20(18)3)33(38(35)36)29-25-14-9-8-13-24(25)26(17-27(29)32)22-11-10-12-23(16-22)30(34)37-31(5,6)7/h8-17,38H,1-7H3. The van der Waals surface area contributed by atoms with Crippen LogP contribution in [0.5, 0.6) is 0 Å². The van der Waals surface area contributed by atoms with Gasteiger partial charge in [0.05, 0.1) is 16.9 Å². The van der Waals surface area contributed by atoms with Crippen molar-refractivity contribution < 1.29 is 17.9 Å². The molecular formula is C31H32BrNO4S. The smallest absolute Gasteiger partial charge is 0.338 e. The summed E-state index contributed by atoms with van der Waals surface area (Å²) in [5, 5.41) is 1.64. The van der Waals surface area contributed by atoms with E-state index in [0.29, 0.717) is 21.4 Å². The molecule has 198 valence electrons. The SMILES string of the molecule is Cc1cc(C)c(C)c(N(c2c(Br)cc(-c3cccc(C(=O)OC(C)(C)C)c3)c3ccccc23)[SH](=O)=O)c1C. The number of hydrogen-bond acceptors (Lipinski definition) is 4. The lowest BCUT2D eigenvalue weighted by Gasteiger charge is -2.27. The molecule has 0 aromatic heterocycles. The van der Waals surface area contributed by atoms with Gasteiger partial charge in [0.25, 0.3) is 0 Å². The minimum absolute atomic E-state index is 0.394. The summed E-state index contributed by atoms with van der Waals surface area (Å²) in [5.74, 6) is -0.394. The van der Waals surface area contributed by atoms with Gasteiger partial charge in [0, 0.05) is 9.86 Å². The summed E-state index contributed by atoms with van der Waals surface area (Å²) in [6.07, 6.45) is 0. The van der Waals surface area contributed by atoms with E-state index >= 15 is 0 Å². The molecule has 0 saturated heterocycles. The summed E-state index contributed by atoms with van der Waals surface area (Å²) in [6, 6.07) is 19.0. The number of fused-ring (bicyclic) bond motifs is 1. The van der Waals surface area contributed by atoms with E-state index in [2.05, 4.69) is 22.0 Å². The van der Waals surface area contributed by atoms with Gasteiger partial charge >= 0.3 is 5.97 Å². The number of carbonyl (C=O) groups excluding carboxylic acids is 1. The molecule has 0 atom stereocenters. The number of carbonyl (C=O) groups is 1. The molecule has 0 aliphatic rings. The van der Waals surface area contributed by atoms with Crippen molar-refractivity contribution in [3.8, 4) is 11.1 Å². The number of benzene rings is 4. The van der Waals surface area contributed by atoms with E-state index in [0.717, 1.165) is 44.2 Å². The maximum atomic E-state index is 12.9. The van der Waals surface area contributed by atoms with Crippen LogP contribution in [0.2, 0.25) is 0 Å². The second kappa shape index (κ2) is 10.5. The van der Waals surface area contributed by atoms with Gasteiger partial charge in [-0.2, -0.15) is 0 Å². The number of nitrogens with zero attached hydrogens (tertiary/aromatic N) is 1. The lowest BCUT2D eigenvalue weighted by atomic mass is 9.95. The number of hydrogen-bond donors (Lipinski definition) is 1. The van der Waals surface area contributed by atoms with Gasteiger partial charge in [0.15, 0.2) is 0 Å². The fourth-order valence-electron chi connectivity index (χ4n) is 4.72. The Morgan fingerprint density at radius 3 is 2.00 bits per heavy atom. The number of aryl methyl sites for hydroxylation is 2. The van der Waals surface area contributed by atoms with Gasteiger partial charge in [-0.1, -0.05) is 42.5 Å². The van der Waals surface area contributed by atoms with Gasteiger partial charge in [0.2, 0.25) is 10.9 Å². The van der Waals surface area contributed by atoms with Crippen LogP contribution in [-0.2, 0) is 15.6 Å². The van der Waals surface area contributed by atoms with Crippen molar-refractivity contribution in [1.82, 2.24) is 0 Å². The molecule has 7 heteroatoms. The maximum Gasteiger partial charge on any atom is 0.338 e. The molecule has 0 amide bonds. The molecule has 0 aliphatic carbocycles. The highest BCUT2D eigenvalue weighted by molar-refractivity contribution is 9.10. The number of ether oxygens (including phenoxy) is 1. The maximum absolute atomic E-state index is 12.9. The highest BCUT2D eigenvalue weighted by Gasteiger charge is 2.25. The van der Waals surface area contributed by atoms with Crippen LogP contribution in [0, 0.1) is 27.7 Å². The zero-order chi connectivity index (χ0) is 27.9. The molecule has 5 nitrogen and oxygen atoms in total. The third-order valence-corrected chi connectivity index (χ3v) is 8.02. The van der Waals surface area contributed by atoms with E-state index in [1.54, 1.807) is 6.07 Å². The monoisotopic (exact) mass is 593 g/mol. The van der Waals surface area contributed by atoms with Crippen molar-refractivity contribution in [1.29, 1.82) is 0 Å². The van der Waals surface area contributed by atoms with Crippen molar-refractivity contribution in [3.05, 3.63) is 93.0 Å². The first-order valence-electron chi connectivity index (χ1n) is 12.4. The summed E-state index contributed by atoms with van der Waals surface area (Å²) in [7, 11) is -3.01. The molecule has 0 aliphatic heterocycles. The molecule has 0 bridgehead atoms. The van der Waals surface area contributed by atoms with Gasteiger partial charge in [-0.3, -0.25) is 0 Å². The van der Waals surface area contributed by atoms with Crippen LogP contribution < -0.4 is 4.31 Å². The minimum atomic E-state index is -3.01. The van der Waals surface area contributed by atoms with Crippen molar-refractivity contribution >= 4 is 54.9 Å².